The van der Waals surface area contributed by atoms with Gasteiger partial charge >= 0.3 is 6.18 Å². The van der Waals surface area contributed by atoms with Crippen LogP contribution in [0.4, 0.5) is 13.2 Å². The van der Waals surface area contributed by atoms with Gasteiger partial charge in [-0.05, 0) is 18.3 Å². The summed E-state index contributed by atoms with van der Waals surface area (Å²) in [6.07, 6.45) is -3.24. The van der Waals surface area contributed by atoms with Crippen molar-refractivity contribution in [2.75, 3.05) is 0 Å². The van der Waals surface area contributed by atoms with Gasteiger partial charge in [0.25, 0.3) is 0 Å². The molecule has 14 heavy (non-hydrogen) atoms. The van der Waals surface area contributed by atoms with Crippen LogP contribution >= 0.6 is 23.6 Å². The predicted molar refractivity (Wildman–Crippen MR) is 49.8 cm³/mol. The van der Waals surface area contributed by atoms with Crippen molar-refractivity contribution < 1.29 is 13.2 Å². The number of H-pyrrole nitrogens is 1. The number of hydrogen-bond acceptors (Lipinski definition) is 3. The van der Waals surface area contributed by atoms with Gasteiger partial charge in [0.1, 0.15) is 5.69 Å². The third kappa shape index (κ3) is 1.64. The Hall–Kier alpha value is -0.950. The molecular weight excluding hydrogens is 233 g/mol. The second-order valence-electron chi connectivity index (χ2n) is 2.58. The second kappa shape index (κ2) is 3.03. The van der Waals surface area contributed by atoms with E-state index in [1.165, 1.54) is 17.5 Å². The topological polar surface area (TPSA) is 28.7 Å². The number of nitrogens with zero attached hydrogens (tertiary/aromatic N) is 1. The molecule has 0 amide bonds. The maximum absolute atomic E-state index is 12.2. The molecule has 2 nitrogen and oxygen atoms in total. The van der Waals surface area contributed by atoms with E-state index in [4.69, 9.17) is 12.2 Å². The fourth-order valence-corrected chi connectivity index (χ4v) is 2.08. The van der Waals surface area contributed by atoms with Crippen LogP contribution in [0.15, 0.2) is 12.3 Å². The molecule has 0 aromatic carbocycles. The number of aromatic amines is 1. The highest BCUT2D eigenvalue weighted by Crippen LogP contribution is 2.30. The molecule has 2 heterocycles. The Balaban J connectivity index is 2.67. The van der Waals surface area contributed by atoms with Gasteiger partial charge in [0.05, 0.1) is 10.2 Å². The van der Waals surface area contributed by atoms with E-state index in [0.717, 1.165) is 6.07 Å². The molecule has 7 heteroatoms. The Morgan fingerprint density at radius 3 is 2.79 bits per heavy atom. The van der Waals surface area contributed by atoms with Crippen molar-refractivity contribution in [1.29, 1.82) is 0 Å². The molecule has 74 valence electrons. The Morgan fingerprint density at radius 2 is 2.14 bits per heavy atom. The quantitative estimate of drug-likeness (QED) is 0.710. The molecule has 0 unspecified atom stereocenters. The molecule has 0 saturated carbocycles. The van der Waals surface area contributed by atoms with E-state index in [1.54, 1.807) is 0 Å². The van der Waals surface area contributed by atoms with E-state index in [9.17, 15) is 13.2 Å². The number of pyridine rings is 1. The number of aromatic nitrogens is 2. The molecule has 0 aliphatic carbocycles. The standard InChI is InChI=1S/C7H3F3N2S2/c8-7(9,10)5-1-3-4(2-11-5)14-6(13)12-3/h1-2H,(H,12,13). The first kappa shape index (κ1) is 9.60. The highest BCUT2D eigenvalue weighted by Gasteiger charge is 2.32. The smallest absolute Gasteiger partial charge is 0.337 e. The van der Waals surface area contributed by atoms with Crippen LogP contribution in [0.2, 0.25) is 0 Å². The van der Waals surface area contributed by atoms with Crippen molar-refractivity contribution in [3.8, 4) is 0 Å². The maximum Gasteiger partial charge on any atom is 0.433 e. The van der Waals surface area contributed by atoms with Gasteiger partial charge in [0.2, 0.25) is 0 Å². The summed E-state index contributed by atoms with van der Waals surface area (Å²) in [5.74, 6) is 0. The van der Waals surface area contributed by atoms with E-state index in [1.807, 2.05) is 0 Å². The van der Waals surface area contributed by atoms with E-state index in [-0.39, 0.29) is 0 Å². The van der Waals surface area contributed by atoms with E-state index in [0.29, 0.717) is 14.2 Å². The first-order valence-corrected chi connectivity index (χ1v) is 4.75. The van der Waals surface area contributed by atoms with Crippen LogP contribution in [0.1, 0.15) is 5.69 Å². The lowest BCUT2D eigenvalue weighted by atomic mass is 10.3. The summed E-state index contributed by atoms with van der Waals surface area (Å²) in [5.41, 5.74) is -0.531. The minimum absolute atomic E-state index is 0.377. The van der Waals surface area contributed by atoms with Gasteiger partial charge in [-0.3, -0.25) is 4.98 Å². The highest BCUT2D eigenvalue weighted by atomic mass is 32.1. The van der Waals surface area contributed by atoms with E-state index < -0.39 is 11.9 Å². The zero-order valence-corrected chi connectivity index (χ0v) is 8.19. The average Bonchev–Trinajstić information content (AvgIpc) is 2.41. The van der Waals surface area contributed by atoms with Crippen molar-refractivity contribution in [1.82, 2.24) is 9.97 Å². The lowest BCUT2D eigenvalue weighted by molar-refractivity contribution is -0.141. The first-order valence-electron chi connectivity index (χ1n) is 3.53. The van der Waals surface area contributed by atoms with Crippen LogP contribution in [-0.2, 0) is 6.18 Å². The molecule has 2 rings (SSSR count). The summed E-state index contributed by atoms with van der Waals surface area (Å²) in [6.45, 7) is 0. The van der Waals surface area contributed by atoms with E-state index in [2.05, 4.69) is 9.97 Å². The molecule has 0 fully saturated rings. The van der Waals surface area contributed by atoms with Crippen molar-refractivity contribution >= 4 is 33.8 Å². The molecule has 0 radical (unpaired) electrons. The fraction of sp³-hybridized carbons (Fsp3) is 0.143. The number of hydrogen-bond donors (Lipinski definition) is 1. The van der Waals surface area contributed by atoms with Gasteiger partial charge in [0.15, 0.2) is 3.95 Å². The fourth-order valence-electron chi connectivity index (χ4n) is 1.01. The summed E-state index contributed by atoms with van der Waals surface area (Å²) in [4.78, 5) is 5.97. The lowest BCUT2D eigenvalue weighted by Gasteiger charge is -2.03. The minimum Gasteiger partial charge on any atom is -0.337 e. The van der Waals surface area contributed by atoms with Gasteiger partial charge in [-0.15, -0.1) is 11.3 Å². The third-order valence-corrected chi connectivity index (χ3v) is 2.78. The molecule has 0 aliphatic heterocycles. The number of nitrogens with one attached hydrogen (secondary N) is 1. The van der Waals surface area contributed by atoms with Crippen LogP contribution in [0.25, 0.3) is 10.2 Å². The summed E-state index contributed by atoms with van der Waals surface area (Å²) >= 11 is 6.00. The van der Waals surface area contributed by atoms with Gasteiger partial charge in [-0.2, -0.15) is 13.2 Å². The number of rotatable bonds is 0. The van der Waals surface area contributed by atoms with Crippen molar-refractivity contribution in [2.24, 2.45) is 0 Å². The molecule has 0 atom stereocenters. The molecule has 0 bridgehead atoms. The molecular formula is C7H3F3N2S2. The largest absolute Gasteiger partial charge is 0.433 e. The number of halogens is 3. The Bertz CT molecular complexity index is 525. The van der Waals surface area contributed by atoms with Gasteiger partial charge in [0, 0.05) is 6.20 Å². The monoisotopic (exact) mass is 236 g/mol. The van der Waals surface area contributed by atoms with Crippen molar-refractivity contribution in [2.45, 2.75) is 6.18 Å². The maximum atomic E-state index is 12.2. The third-order valence-electron chi connectivity index (χ3n) is 1.60. The SMILES string of the molecule is FC(F)(F)c1cc2[nH]c(=S)sc2cn1. The molecule has 0 aliphatic rings. The summed E-state index contributed by atoms with van der Waals surface area (Å²) in [5, 5.41) is 0. The summed E-state index contributed by atoms with van der Waals surface area (Å²) in [7, 11) is 0. The normalized spacial score (nSPS) is 12.2. The first-order chi connectivity index (χ1) is 6.47. The number of fused-ring (bicyclic) bond motifs is 1. The zero-order chi connectivity index (χ0) is 10.3. The molecule has 0 spiro atoms. The average molecular weight is 236 g/mol. The van der Waals surface area contributed by atoms with Crippen LogP contribution in [0, 0.1) is 3.95 Å². The van der Waals surface area contributed by atoms with Crippen LogP contribution in [0.3, 0.4) is 0 Å². The Labute approximate surface area is 85.4 Å². The van der Waals surface area contributed by atoms with Gasteiger partial charge < -0.3 is 4.98 Å². The second-order valence-corrected chi connectivity index (χ2v) is 4.30. The van der Waals surface area contributed by atoms with Crippen molar-refractivity contribution in [3.63, 3.8) is 0 Å². The lowest BCUT2D eigenvalue weighted by Crippen LogP contribution is -2.06. The van der Waals surface area contributed by atoms with Crippen molar-refractivity contribution in [3.05, 3.63) is 21.9 Å². The highest BCUT2D eigenvalue weighted by molar-refractivity contribution is 7.73. The van der Waals surface area contributed by atoms with Gasteiger partial charge in [-0.25, -0.2) is 0 Å². The molecule has 2 aromatic rings. The Kier molecular flexibility index (Phi) is 2.07. The molecule has 2 aromatic heterocycles. The Morgan fingerprint density at radius 1 is 1.43 bits per heavy atom. The van der Waals surface area contributed by atoms with E-state index >= 15 is 0 Å². The van der Waals surface area contributed by atoms with Crippen LogP contribution in [-0.4, -0.2) is 9.97 Å². The number of alkyl halides is 3. The zero-order valence-electron chi connectivity index (χ0n) is 6.55. The summed E-state index contributed by atoms with van der Waals surface area (Å²) in [6, 6.07) is 0.960. The predicted octanol–water partition coefficient (Wildman–Crippen LogP) is 3.37. The molecule has 1 N–H and O–H groups in total. The van der Waals surface area contributed by atoms with Crippen LogP contribution < -0.4 is 0 Å². The molecule has 0 saturated heterocycles. The summed E-state index contributed by atoms with van der Waals surface area (Å²) < 4.78 is 37.7. The number of thiazole rings is 1. The van der Waals surface area contributed by atoms with Gasteiger partial charge in [-0.1, -0.05) is 0 Å². The van der Waals surface area contributed by atoms with Crippen LogP contribution in [0.5, 0.6) is 0 Å². The minimum atomic E-state index is -4.41.